The van der Waals surface area contributed by atoms with Gasteiger partial charge in [-0.25, -0.2) is 4.98 Å². The SMILES string of the molecule is NC(=O)c1ccc(NC2CCOc3ccccc32)nc1. The number of fused-ring (bicyclic) bond motifs is 1. The first-order chi connectivity index (χ1) is 9.74. The van der Waals surface area contributed by atoms with Crippen LogP contribution in [0.5, 0.6) is 5.75 Å². The number of rotatable bonds is 3. The zero-order chi connectivity index (χ0) is 13.9. The van der Waals surface area contributed by atoms with Crippen molar-refractivity contribution in [1.29, 1.82) is 0 Å². The van der Waals surface area contributed by atoms with Crippen LogP contribution in [0.1, 0.15) is 28.4 Å². The van der Waals surface area contributed by atoms with E-state index in [2.05, 4.69) is 10.3 Å². The largest absolute Gasteiger partial charge is 0.493 e. The van der Waals surface area contributed by atoms with Crippen LogP contribution in [0.2, 0.25) is 0 Å². The molecule has 0 radical (unpaired) electrons. The number of carbonyl (C=O) groups excluding carboxylic acids is 1. The summed E-state index contributed by atoms with van der Waals surface area (Å²) >= 11 is 0. The molecule has 1 atom stereocenters. The lowest BCUT2D eigenvalue weighted by atomic mass is 10.0. The van der Waals surface area contributed by atoms with Crippen molar-refractivity contribution < 1.29 is 9.53 Å². The highest BCUT2D eigenvalue weighted by atomic mass is 16.5. The summed E-state index contributed by atoms with van der Waals surface area (Å²) in [4.78, 5) is 15.2. The van der Waals surface area contributed by atoms with Crippen molar-refractivity contribution in [2.75, 3.05) is 11.9 Å². The van der Waals surface area contributed by atoms with E-state index in [1.165, 1.54) is 6.20 Å². The summed E-state index contributed by atoms with van der Waals surface area (Å²) in [7, 11) is 0. The van der Waals surface area contributed by atoms with Crippen LogP contribution in [0.25, 0.3) is 0 Å². The lowest BCUT2D eigenvalue weighted by Gasteiger charge is -2.27. The first-order valence-corrected chi connectivity index (χ1v) is 6.48. The van der Waals surface area contributed by atoms with Gasteiger partial charge >= 0.3 is 0 Å². The molecule has 0 bridgehead atoms. The van der Waals surface area contributed by atoms with E-state index in [1.807, 2.05) is 24.3 Å². The van der Waals surface area contributed by atoms with Crippen LogP contribution >= 0.6 is 0 Å². The van der Waals surface area contributed by atoms with Gasteiger partial charge in [0.2, 0.25) is 5.91 Å². The van der Waals surface area contributed by atoms with Crippen LogP contribution < -0.4 is 15.8 Å². The Morgan fingerprint density at radius 3 is 2.90 bits per heavy atom. The van der Waals surface area contributed by atoms with Crippen LogP contribution in [0, 0.1) is 0 Å². The van der Waals surface area contributed by atoms with Crippen LogP contribution in [0.3, 0.4) is 0 Å². The second-order valence-electron chi connectivity index (χ2n) is 4.67. The summed E-state index contributed by atoms with van der Waals surface area (Å²) in [5.74, 6) is 1.15. The lowest BCUT2D eigenvalue weighted by Crippen LogP contribution is -2.21. The summed E-state index contributed by atoms with van der Waals surface area (Å²) in [5, 5.41) is 3.36. The van der Waals surface area contributed by atoms with Crippen molar-refractivity contribution in [3.63, 3.8) is 0 Å². The Bertz CT molecular complexity index is 625. The number of hydrogen-bond donors (Lipinski definition) is 2. The van der Waals surface area contributed by atoms with E-state index in [9.17, 15) is 4.79 Å². The molecule has 0 aliphatic carbocycles. The number of anilines is 1. The molecule has 5 heteroatoms. The second-order valence-corrected chi connectivity index (χ2v) is 4.67. The van der Waals surface area contributed by atoms with E-state index in [0.29, 0.717) is 12.2 Å². The molecule has 102 valence electrons. The van der Waals surface area contributed by atoms with Crippen LogP contribution in [0.15, 0.2) is 42.6 Å². The molecule has 1 aliphatic rings. The first-order valence-electron chi connectivity index (χ1n) is 6.48. The number of nitrogens with one attached hydrogen (secondary N) is 1. The Balaban J connectivity index is 1.80. The van der Waals surface area contributed by atoms with Crippen molar-refractivity contribution in [1.82, 2.24) is 4.98 Å². The average molecular weight is 269 g/mol. The molecule has 0 saturated carbocycles. The van der Waals surface area contributed by atoms with Gasteiger partial charge in [0.1, 0.15) is 11.6 Å². The number of primary amides is 1. The molecule has 1 aliphatic heterocycles. The van der Waals surface area contributed by atoms with Crippen LogP contribution in [0.4, 0.5) is 5.82 Å². The van der Waals surface area contributed by atoms with Gasteiger partial charge in [0, 0.05) is 18.2 Å². The van der Waals surface area contributed by atoms with Gasteiger partial charge in [0.25, 0.3) is 0 Å². The maximum absolute atomic E-state index is 11.0. The van der Waals surface area contributed by atoms with Gasteiger partial charge in [0.05, 0.1) is 18.2 Å². The molecule has 0 fully saturated rings. The van der Waals surface area contributed by atoms with Gasteiger partial charge in [-0.1, -0.05) is 18.2 Å². The Morgan fingerprint density at radius 1 is 1.30 bits per heavy atom. The maximum Gasteiger partial charge on any atom is 0.250 e. The number of carbonyl (C=O) groups is 1. The minimum absolute atomic E-state index is 0.159. The Kier molecular flexibility index (Phi) is 3.25. The molecule has 3 rings (SSSR count). The summed E-state index contributed by atoms with van der Waals surface area (Å²) < 4.78 is 5.62. The molecule has 0 saturated heterocycles. The van der Waals surface area contributed by atoms with Crippen molar-refractivity contribution in [2.24, 2.45) is 5.73 Å². The van der Waals surface area contributed by atoms with Crippen molar-refractivity contribution >= 4 is 11.7 Å². The number of nitrogens with two attached hydrogens (primary N) is 1. The van der Waals surface area contributed by atoms with Crippen molar-refractivity contribution in [2.45, 2.75) is 12.5 Å². The molecule has 2 heterocycles. The van der Waals surface area contributed by atoms with Crippen LogP contribution in [-0.4, -0.2) is 17.5 Å². The number of para-hydroxylation sites is 1. The third-order valence-corrected chi connectivity index (χ3v) is 3.33. The zero-order valence-electron chi connectivity index (χ0n) is 10.9. The summed E-state index contributed by atoms with van der Waals surface area (Å²) in [6, 6.07) is 11.6. The van der Waals surface area contributed by atoms with Gasteiger partial charge in [-0.3, -0.25) is 4.79 Å². The molecule has 0 spiro atoms. The maximum atomic E-state index is 11.0. The Morgan fingerprint density at radius 2 is 2.15 bits per heavy atom. The van der Waals surface area contributed by atoms with E-state index in [0.717, 1.165) is 23.6 Å². The third-order valence-electron chi connectivity index (χ3n) is 3.33. The number of aromatic nitrogens is 1. The summed E-state index contributed by atoms with van der Waals surface area (Å²) in [5.41, 5.74) is 6.73. The monoisotopic (exact) mass is 269 g/mol. The van der Waals surface area contributed by atoms with E-state index in [-0.39, 0.29) is 6.04 Å². The highest BCUT2D eigenvalue weighted by molar-refractivity contribution is 5.92. The molecule has 5 nitrogen and oxygen atoms in total. The van der Waals surface area contributed by atoms with Gasteiger partial charge in [-0.15, -0.1) is 0 Å². The van der Waals surface area contributed by atoms with Crippen molar-refractivity contribution in [3.8, 4) is 5.75 Å². The molecule has 2 aromatic rings. The fourth-order valence-corrected chi connectivity index (χ4v) is 2.30. The number of amides is 1. The normalized spacial score (nSPS) is 16.9. The van der Waals surface area contributed by atoms with E-state index in [4.69, 9.17) is 10.5 Å². The van der Waals surface area contributed by atoms with Gasteiger partial charge in [0.15, 0.2) is 0 Å². The van der Waals surface area contributed by atoms with E-state index >= 15 is 0 Å². The van der Waals surface area contributed by atoms with Crippen molar-refractivity contribution in [3.05, 3.63) is 53.7 Å². The average Bonchev–Trinajstić information content (AvgIpc) is 2.48. The number of nitrogens with zero attached hydrogens (tertiary/aromatic N) is 1. The fraction of sp³-hybridized carbons (Fsp3) is 0.200. The molecular formula is C15H15N3O2. The van der Waals surface area contributed by atoms with E-state index < -0.39 is 5.91 Å². The molecule has 1 aromatic carbocycles. The zero-order valence-corrected chi connectivity index (χ0v) is 10.9. The summed E-state index contributed by atoms with van der Waals surface area (Å²) in [6.45, 7) is 0.675. The van der Waals surface area contributed by atoms with Gasteiger partial charge < -0.3 is 15.8 Å². The standard InChI is InChI=1S/C15H15N3O2/c16-15(19)10-5-6-14(17-9-10)18-12-7-8-20-13-4-2-1-3-11(12)13/h1-6,9,12H,7-8H2,(H2,16,19)(H,17,18). The number of ether oxygens (including phenoxy) is 1. The molecule has 3 N–H and O–H groups in total. The topological polar surface area (TPSA) is 77.2 Å². The third kappa shape index (κ3) is 2.42. The minimum Gasteiger partial charge on any atom is -0.493 e. The minimum atomic E-state index is -0.472. The summed E-state index contributed by atoms with van der Waals surface area (Å²) in [6.07, 6.45) is 2.35. The van der Waals surface area contributed by atoms with E-state index in [1.54, 1.807) is 12.1 Å². The first kappa shape index (κ1) is 12.5. The molecule has 20 heavy (non-hydrogen) atoms. The Labute approximate surface area is 116 Å². The van der Waals surface area contributed by atoms with Gasteiger partial charge in [-0.2, -0.15) is 0 Å². The molecule has 1 aromatic heterocycles. The Hall–Kier alpha value is -2.56. The smallest absolute Gasteiger partial charge is 0.250 e. The number of hydrogen-bond acceptors (Lipinski definition) is 4. The molecule has 1 amide bonds. The second kappa shape index (κ2) is 5.21. The fourth-order valence-electron chi connectivity index (χ4n) is 2.30. The van der Waals surface area contributed by atoms with Crippen LogP contribution in [-0.2, 0) is 0 Å². The lowest BCUT2D eigenvalue weighted by molar-refractivity contribution is 0.1000. The number of pyridine rings is 1. The predicted molar refractivity (Wildman–Crippen MR) is 75.7 cm³/mol. The highest BCUT2D eigenvalue weighted by Gasteiger charge is 2.21. The predicted octanol–water partition coefficient (Wildman–Crippen LogP) is 2.12. The van der Waals surface area contributed by atoms with Gasteiger partial charge in [-0.05, 0) is 18.2 Å². The molecular weight excluding hydrogens is 254 g/mol. The molecule has 1 unspecified atom stereocenters. The number of benzene rings is 1. The quantitative estimate of drug-likeness (QED) is 0.894. The highest BCUT2D eigenvalue weighted by Crippen LogP contribution is 2.33.